The van der Waals surface area contributed by atoms with Gasteiger partial charge >= 0.3 is 0 Å². The first-order valence-corrected chi connectivity index (χ1v) is 14.8. The summed E-state index contributed by atoms with van der Waals surface area (Å²) in [5, 5.41) is 23.9. The molecule has 5 rings (SSSR count). The summed E-state index contributed by atoms with van der Waals surface area (Å²) in [6.07, 6.45) is 6.94. The summed E-state index contributed by atoms with van der Waals surface area (Å²) in [5.41, 5.74) is 3.85. The van der Waals surface area contributed by atoms with Gasteiger partial charge in [-0.1, -0.05) is 37.1 Å². The minimum Gasteiger partial charge on any atom is -0.508 e. The third kappa shape index (κ3) is 7.03. The van der Waals surface area contributed by atoms with E-state index in [-0.39, 0.29) is 23.5 Å². The Morgan fingerprint density at radius 2 is 1.65 bits per heavy atom. The maximum Gasteiger partial charge on any atom is 0.127 e. The van der Waals surface area contributed by atoms with Gasteiger partial charge in [0, 0.05) is 36.3 Å². The van der Waals surface area contributed by atoms with Crippen molar-refractivity contribution in [3.63, 3.8) is 0 Å². The maximum atomic E-state index is 10.3. The smallest absolute Gasteiger partial charge is 0.127 e. The zero-order chi connectivity index (χ0) is 28.1. The first kappa shape index (κ1) is 28.2. The molecule has 2 aliphatic heterocycles. The molecule has 0 radical (unpaired) electrons. The Bertz CT molecular complexity index is 1270. The Morgan fingerprint density at radius 3 is 2.40 bits per heavy atom. The minimum absolute atomic E-state index is 0.0746. The molecule has 0 bridgehead atoms. The fourth-order valence-electron chi connectivity index (χ4n) is 6.13. The molecule has 3 aromatic rings. The van der Waals surface area contributed by atoms with Gasteiger partial charge in [0.2, 0.25) is 0 Å². The Morgan fingerprint density at radius 1 is 0.950 bits per heavy atom. The SMILES string of the molecule is CC(Cc1ccc(OCCN2CCCCCC2)cc1)Nc1cc(O)ccc1C1Cc2ccc(O)cc2OC1(C)C. The Kier molecular flexibility index (Phi) is 8.75. The third-order valence-corrected chi connectivity index (χ3v) is 8.34. The predicted octanol–water partition coefficient (Wildman–Crippen LogP) is 6.89. The molecule has 6 nitrogen and oxygen atoms in total. The fourth-order valence-corrected chi connectivity index (χ4v) is 6.13. The van der Waals surface area contributed by atoms with Crippen molar-refractivity contribution < 1.29 is 19.7 Å². The molecule has 0 amide bonds. The van der Waals surface area contributed by atoms with E-state index >= 15 is 0 Å². The molecule has 3 aromatic carbocycles. The van der Waals surface area contributed by atoms with E-state index in [1.54, 1.807) is 18.2 Å². The minimum atomic E-state index is -0.486. The van der Waals surface area contributed by atoms with Crippen molar-refractivity contribution in [1.82, 2.24) is 4.90 Å². The molecule has 2 heterocycles. The molecule has 0 spiro atoms. The summed E-state index contributed by atoms with van der Waals surface area (Å²) in [5.74, 6) is 2.17. The van der Waals surface area contributed by atoms with Gasteiger partial charge < -0.3 is 25.0 Å². The van der Waals surface area contributed by atoms with Gasteiger partial charge in [-0.3, -0.25) is 4.90 Å². The summed E-state index contributed by atoms with van der Waals surface area (Å²) < 4.78 is 12.4. The van der Waals surface area contributed by atoms with Crippen LogP contribution in [0.3, 0.4) is 0 Å². The van der Waals surface area contributed by atoms with E-state index in [0.29, 0.717) is 0 Å². The molecular formula is C34H44N2O4. The number of nitrogens with one attached hydrogen (secondary N) is 1. The predicted molar refractivity (Wildman–Crippen MR) is 161 cm³/mol. The number of hydrogen-bond acceptors (Lipinski definition) is 6. The number of likely N-dealkylation sites (tertiary alicyclic amines) is 1. The standard InChI is InChI=1S/C34H44N2O4/c1-24(20-25-8-13-29(14-9-25)39-19-18-36-16-6-4-5-7-17-36)35-32-22-27(37)12-15-30(32)31-21-26-10-11-28(38)23-33(26)40-34(31,2)3/h8-15,22-24,31,35,37-38H,4-7,16-21H2,1-3H3. The number of phenolic OH excluding ortho intramolecular Hbond substituents is 2. The highest BCUT2D eigenvalue weighted by Gasteiger charge is 2.39. The average molecular weight is 545 g/mol. The summed E-state index contributed by atoms with van der Waals surface area (Å²) >= 11 is 0. The number of ether oxygens (including phenoxy) is 2. The highest BCUT2D eigenvalue weighted by molar-refractivity contribution is 5.59. The highest BCUT2D eigenvalue weighted by atomic mass is 16.5. The van der Waals surface area contributed by atoms with Gasteiger partial charge in [0.05, 0.1) is 0 Å². The second-order valence-corrected chi connectivity index (χ2v) is 12.0. The third-order valence-electron chi connectivity index (χ3n) is 8.34. The van der Waals surface area contributed by atoms with Crippen LogP contribution in [0, 0.1) is 0 Å². The zero-order valence-electron chi connectivity index (χ0n) is 24.2. The number of benzene rings is 3. The van der Waals surface area contributed by atoms with Crippen molar-refractivity contribution in [3.8, 4) is 23.0 Å². The van der Waals surface area contributed by atoms with Gasteiger partial charge in [0.15, 0.2) is 0 Å². The second kappa shape index (κ2) is 12.4. The number of rotatable bonds is 9. The maximum absolute atomic E-state index is 10.3. The van der Waals surface area contributed by atoms with Gasteiger partial charge in [0.1, 0.15) is 35.2 Å². The van der Waals surface area contributed by atoms with Crippen LogP contribution in [0.4, 0.5) is 5.69 Å². The van der Waals surface area contributed by atoms with E-state index < -0.39 is 5.60 Å². The summed E-state index contributed by atoms with van der Waals surface area (Å²) in [6.45, 7) is 10.4. The topological polar surface area (TPSA) is 74.2 Å². The monoisotopic (exact) mass is 544 g/mol. The number of phenols is 2. The van der Waals surface area contributed by atoms with Crippen molar-refractivity contribution in [3.05, 3.63) is 77.4 Å². The summed E-state index contributed by atoms with van der Waals surface area (Å²) in [4.78, 5) is 2.52. The molecule has 1 fully saturated rings. The molecule has 2 atom stereocenters. The van der Waals surface area contributed by atoms with Crippen molar-refractivity contribution in [2.75, 3.05) is 31.6 Å². The number of anilines is 1. The van der Waals surface area contributed by atoms with E-state index in [0.717, 1.165) is 54.3 Å². The average Bonchev–Trinajstić information content (AvgIpc) is 3.18. The van der Waals surface area contributed by atoms with E-state index in [1.807, 2.05) is 18.2 Å². The molecule has 6 heteroatoms. The summed E-state index contributed by atoms with van der Waals surface area (Å²) in [7, 11) is 0. The number of hydrogen-bond donors (Lipinski definition) is 3. The van der Waals surface area contributed by atoms with E-state index in [4.69, 9.17) is 9.47 Å². The van der Waals surface area contributed by atoms with Crippen LogP contribution in [0.1, 0.15) is 69.1 Å². The zero-order valence-corrected chi connectivity index (χ0v) is 24.2. The van der Waals surface area contributed by atoms with Crippen molar-refractivity contribution in [1.29, 1.82) is 0 Å². The van der Waals surface area contributed by atoms with Gasteiger partial charge in [-0.15, -0.1) is 0 Å². The van der Waals surface area contributed by atoms with Crippen molar-refractivity contribution in [2.24, 2.45) is 0 Å². The van der Waals surface area contributed by atoms with E-state index in [2.05, 4.69) is 55.3 Å². The first-order chi connectivity index (χ1) is 19.3. The van der Waals surface area contributed by atoms with Crippen LogP contribution in [0.15, 0.2) is 60.7 Å². The Balaban J connectivity index is 1.21. The van der Waals surface area contributed by atoms with Crippen LogP contribution < -0.4 is 14.8 Å². The molecular weight excluding hydrogens is 500 g/mol. The summed E-state index contributed by atoms with van der Waals surface area (Å²) in [6, 6.07) is 19.5. The van der Waals surface area contributed by atoms with Gasteiger partial charge in [-0.05, 0) is 100 Å². The molecule has 0 saturated carbocycles. The van der Waals surface area contributed by atoms with Crippen LogP contribution in [0.2, 0.25) is 0 Å². The fraction of sp³-hybridized carbons (Fsp3) is 0.471. The van der Waals surface area contributed by atoms with Crippen LogP contribution in [0.25, 0.3) is 0 Å². The molecule has 214 valence electrons. The van der Waals surface area contributed by atoms with Crippen LogP contribution in [-0.2, 0) is 12.8 Å². The van der Waals surface area contributed by atoms with Gasteiger partial charge in [-0.2, -0.15) is 0 Å². The normalized spacial score (nSPS) is 19.6. The molecule has 3 N–H and O–H groups in total. The molecule has 1 saturated heterocycles. The number of nitrogens with zero attached hydrogens (tertiary/aromatic N) is 1. The largest absolute Gasteiger partial charge is 0.508 e. The number of aromatic hydroxyl groups is 2. The van der Waals surface area contributed by atoms with Crippen molar-refractivity contribution in [2.45, 2.75) is 76.9 Å². The van der Waals surface area contributed by atoms with E-state index in [1.165, 1.54) is 44.3 Å². The molecule has 0 aromatic heterocycles. The Hall–Kier alpha value is -3.38. The quantitative estimate of drug-likeness (QED) is 0.272. The van der Waals surface area contributed by atoms with Gasteiger partial charge in [-0.25, -0.2) is 0 Å². The molecule has 0 aliphatic carbocycles. The number of fused-ring (bicyclic) bond motifs is 1. The lowest BCUT2D eigenvalue weighted by molar-refractivity contribution is 0.0613. The van der Waals surface area contributed by atoms with Crippen molar-refractivity contribution >= 4 is 5.69 Å². The second-order valence-electron chi connectivity index (χ2n) is 12.0. The van der Waals surface area contributed by atoms with Gasteiger partial charge in [0.25, 0.3) is 0 Å². The lowest BCUT2D eigenvalue weighted by Gasteiger charge is -2.41. The van der Waals surface area contributed by atoms with E-state index in [9.17, 15) is 10.2 Å². The lowest BCUT2D eigenvalue weighted by Crippen LogP contribution is -2.41. The Labute approximate surface area is 238 Å². The molecule has 40 heavy (non-hydrogen) atoms. The molecule has 2 unspecified atom stereocenters. The van der Waals surface area contributed by atoms with Crippen LogP contribution >= 0.6 is 0 Å². The first-order valence-electron chi connectivity index (χ1n) is 14.8. The van der Waals surface area contributed by atoms with Crippen LogP contribution in [0.5, 0.6) is 23.0 Å². The molecule has 2 aliphatic rings. The highest BCUT2D eigenvalue weighted by Crippen LogP contribution is 2.46. The lowest BCUT2D eigenvalue weighted by atomic mass is 9.77. The van der Waals surface area contributed by atoms with Crippen LogP contribution in [-0.4, -0.2) is 53.0 Å².